The predicted octanol–water partition coefficient (Wildman–Crippen LogP) is 1.04. The fourth-order valence-corrected chi connectivity index (χ4v) is 3.93. The van der Waals surface area contributed by atoms with E-state index in [0.717, 1.165) is 15.8 Å². The number of aryl methyl sites for hydroxylation is 3. The number of aliphatic hydroxyl groups is 1. The minimum Gasteiger partial charge on any atom is -0.391 e. The maximum atomic E-state index is 11.7. The number of rotatable bonds is 2. The number of aromatic nitrogens is 2. The number of carbonyl (C=O) groups is 1. The number of aliphatic hydroxyl groups excluding tert-OH is 1. The lowest BCUT2D eigenvalue weighted by atomic mass is 10.1. The fraction of sp³-hybridized carbons (Fsp3) is 0.500. The summed E-state index contributed by atoms with van der Waals surface area (Å²) in [6, 6.07) is -0.517. The summed E-state index contributed by atoms with van der Waals surface area (Å²) in [6.45, 7) is 6.28. The Morgan fingerprint density at radius 2 is 2.10 bits per heavy atom. The first kappa shape index (κ1) is 14.2. The third kappa shape index (κ3) is 2.26. The van der Waals surface area contributed by atoms with Crippen LogP contribution in [0.25, 0.3) is 10.2 Å². The highest BCUT2D eigenvalue weighted by atomic mass is 32.1. The molecule has 21 heavy (non-hydrogen) atoms. The Hall–Kier alpha value is -1.73. The van der Waals surface area contributed by atoms with Crippen molar-refractivity contribution in [3.63, 3.8) is 0 Å². The number of nitrogens with two attached hydrogens (primary N) is 1. The van der Waals surface area contributed by atoms with Crippen LogP contribution in [0.3, 0.4) is 0 Å². The maximum absolute atomic E-state index is 11.7. The molecule has 0 aromatic carbocycles. The monoisotopic (exact) mass is 306 g/mol. The Morgan fingerprint density at radius 1 is 1.38 bits per heavy atom. The van der Waals surface area contributed by atoms with Crippen molar-refractivity contribution >= 4 is 33.3 Å². The van der Waals surface area contributed by atoms with Crippen LogP contribution in [0.1, 0.15) is 22.7 Å². The Labute approximate surface area is 126 Å². The number of hydrogen-bond acceptors (Lipinski definition) is 6. The van der Waals surface area contributed by atoms with E-state index < -0.39 is 18.1 Å². The van der Waals surface area contributed by atoms with Crippen molar-refractivity contribution in [2.24, 2.45) is 5.73 Å². The molecule has 3 rings (SSSR count). The molecule has 0 unspecified atom stereocenters. The zero-order valence-corrected chi connectivity index (χ0v) is 13.1. The number of fused-ring (bicyclic) bond motifs is 1. The molecular formula is C14H18N4O2S. The second-order valence-electron chi connectivity index (χ2n) is 5.52. The highest BCUT2D eigenvalue weighted by Gasteiger charge is 2.37. The Balaban J connectivity index is 2.21. The SMILES string of the molecule is Cc1nc(N2C[C@@H](O)C[C@@H]2C(N)=O)c2c(C)c(C)sc2n1. The van der Waals surface area contributed by atoms with Crippen molar-refractivity contribution in [2.45, 2.75) is 39.3 Å². The van der Waals surface area contributed by atoms with E-state index in [9.17, 15) is 9.90 Å². The van der Waals surface area contributed by atoms with Gasteiger partial charge >= 0.3 is 0 Å². The summed E-state index contributed by atoms with van der Waals surface area (Å²) in [5.41, 5.74) is 6.60. The summed E-state index contributed by atoms with van der Waals surface area (Å²) in [7, 11) is 0. The Kier molecular flexibility index (Phi) is 3.33. The van der Waals surface area contributed by atoms with E-state index in [1.165, 1.54) is 4.88 Å². The molecule has 3 N–H and O–H groups in total. The molecule has 0 radical (unpaired) electrons. The molecule has 0 saturated carbocycles. The van der Waals surface area contributed by atoms with Crippen LogP contribution in [-0.4, -0.2) is 39.7 Å². The molecule has 0 aliphatic carbocycles. The lowest BCUT2D eigenvalue weighted by Crippen LogP contribution is -2.41. The molecule has 0 spiro atoms. The first-order valence-electron chi connectivity index (χ1n) is 6.87. The van der Waals surface area contributed by atoms with Crippen molar-refractivity contribution in [1.82, 2.24) is 9.97 Å². The minimum atomic E-state index is -0.562. The molecule has 1 aliphatic heterocycles. The topological polar surface area (TPSA) is 92.3 Å². The van der Waals surface area contributed by atoms with Gasteiger partial charge in [-0.15, -0.1) is 11.3 Å². The molecule has 1 saturated heterocycles. The van der Waals surface area contributed by atoms with Gasteiger partial charge in [-0.3, -0.25) is 4.79 Å². The van der Waals surface area contributed by atoms with E-state index in [-0.39, 0.29) is 0 Å². The summed E-state index contributed by atoms with van der Waals surface area (Å²) in [5, 5.41) is 10.9. The third-order valence-corrected chi connectivity index (χ3v) is 5.10. The van der Waals surface area contributed by atoms with E-state index in [2.05, 4.69) is 9.97 Å². The lowest BCUT2D eigenvalue weighted by molar-refractivity contribution is -0.119. The van der Waals surface area contributed by atoms with Gasteiger partial charge < -0.3 is 15.7 Å². The first-order chi connectivity index (χ1) is 9.88. The number of β-amino-alcohol motifs (C(OH)–C–C–N with tert-alkyl or cyclic N) is 1. The van der Waals surface area contributed by atoms with Crippen LogP contribution < -0.4 is 10.6 Å². The molecule has 2 aromatic rings. The van der Waals surface area contributed by atoms with E-state index in [1.54, 1.807) is 11.3 Å². The smallest absolute Gasteiger partial charge is 0.240 e. The third-order valence-electron chi connectivity index (χ3n) is 4.00. The molecule has 2 atom stereocenters. The van der Waals surface area contributed by atoms with Gasteiger partial charge in [-0.2, -0.15) is 0 Å². The molecule has 2 aromatic heterocycles. The van der Waals surface area contributed by atoms with Crippen molar-refractivity contribution in [3.8, 4) is 0 Å². The summed E-state index contributed by atoms with van der Waals surface area (Å²) in [4.78, 5) is 24.6. The van der Waals surface area contributed by atoms with Crippen LogP contribution in [0, 0.1) is 20.8 Å². The number of carbonyl (C=O) groups excluding carboxylic acids is 1. The molecular weight excluding hydrogens is 288 g/mol. The van der Waals surface area contributed by atoms with E-state index >= 15 is 0 Å². The number of hydrogen-bond donors (Lipinski definition) is 2. The summed E-state index contributed by atoms with van der Waals surface area (Å²) < 4.78 is 0. The quantitative estimate of drug-likeness (QED) is 0.865. The van der Waals surface area contributed by atoms with Crippen LogP contribution in [0.5, 0.6) is 0 Å². The van der Waals surface area contributed by atoms with Crippen molar-refractivity contribution in [2.75, 3.05) is 11.4 Å². The molecule has 1 amide bonds. The van der Waals surface area contributed by atoms with Crippen LogP contribution >= 0.6 is 11.3 Å². The average molecular weight is 306 g/mol. The molecule has 1 fully saturated rings. The summed E-state index contributed by atoms with van der Waals surface area (Å²) in [6.07, 6.45) is -0.213. The molecule has 0 bridgehead atoms. The minimum absolute atomic E-state index is 0.349. The number of anilines is 1. The van der Waals surface area contributed by atoms with Gasteiger partial charge in [0, 0.05) is 17.8 Å². The number of primary amides is 1. The largest absolute Gasteiger partial charge is 0.391 e. The zero-order valence-electron chi connectivity index (χ0n) is 12.3. The second kappa shape index (κ2) is 4.92. The van der Waals surface area contributed by atoms with Crippen LogP contribution in [0.2, 0.25) is 0 Å². The number of amides is 1. The van der Waals surface area contributed by atoms with Crippen LogP contribution in [-0.2, 0) is 4.79 Å². The highest BCUT2D eigenvalue weighted by molar-refractivity contribution is 7.18. The fourth-order valence-electron chi connectivity index (χ4n) is 2.86. The van der Waals surface area contributed by atoms with Crippen molar-refractivity contribution in [1.29, 1.82) is 0 Å². The second-order valence-corrected chi connectivity index (χ2v) is 6.72. The highest BCUT2D eigenvalue weighted by Crippen LogP contribution is 2.37. The normalized spacial score (nSPS) is 22.2. The number of nitrogens with zero attached hydrogens (tertiary/aromatic N) is 3. The molecule has 6 nitrogen and oxygen atoms in total. The summed E-state index contributed by atoms with van der Waals surface area (Å²) >= 11 is 1.62. The number of thiophene rings is 1. The zero-order chi connectivity index (χ0) is 15.3. The predicted molar refractivity (Wildman–Crippen MR) is 82.6 cm³/mol. The van der Waals surface area contributed by atoms with E-state index in [4.69, 9.17) is 5.73 Å². The van der Waals surface area contributed by atoms with Gasteiger partial charge in [-0.1, -0.05) is 0 Å². The lowest BCUT2D eigenvalue weighted by Gasteiger charge is -2.24. The van der Waals surface area contributed by atoms with Gasteiger partial charge in [0.1, 0.15) is 22.5 Å². The van der Waals surface area contributed by atoms with Crippen LogP contribution in [0.4, 0.5) is 5.82 Å². The van der Waals surface area contributed by atoms with Gasteiger partial charge in [0.05, 0.1) is 11.5 Å². The molecule has 7 heteroatoms. The van der Waals surface area contributed by atoms with Gasteiger partial charge in [0.2, 0.25) is 5.91 Å². The van der Waals surface area contributed by atoms with Crippen LogP contribution in [0.15, 0.2) is 0 Å². The van der Waals surface area contributed by atoms with Gasteiger partial charge in [0.15, 0.2) is 0 Å². The maximum Gasteiger partial charge on any atom is 0.240 e. The Bertz CT molecular complexity index is 727. The van der Waals surface area contributed by atoms with Crippen molar-refractivity contribution in [3.05, 3.63) is 16.3 Å². The van der Waals surface area contributed by atoms with E-state index in [1.807, 2.05) is 25.7 Å². The van der Waals surface area contributed by atoms with Gasteiger partial charge in [-0.05, 0) is 26.3 Å². The average Bonchev–Trinajstić information content (AvgIpc) is 2.91. The van der Waals surface area contributed by atoms with Gasteiger partial charge in [0.25, 0.3) is 0 Å². The van der Waals surface area contributed by atoms with Crippen molar-refractivity contribution < 1.29 is 9.90 Å². The van der Waals surface area contributed by atoms with E-state index in [0.29, 0.717) is 24.6 Å². The summed E-state index contributed by atoms with van der Waals surface area (Å²) in [5.74, 6) is 0.934. The Morgan fingerprint density at radius 3 is 2.76 bits per heavy atom. The first-order valence-corrected chi connectivity index (χ1v) is 7.68. The van der Waals surface area contributed by atoms with Gasteiger partial charge in [-0.25, -0.2) is 9.97 Å². The standard InChI is InChI=1S/C14H18N4O2S/c1-6-7(2)21-14-11(6)13(16-8(3)17-14)18-5-9(19)4-10(18)12(15)20/h9-10,19H,4-5H2,1-3H3,(H2,15,20)/t9-,10+/m0/s1. The molecule has 3 heterocycles. The molecule has 112 valence electrons. The molecule has 1 aliphatic rings.